The number of ether oxygens (including phenoxy) is 1. The molecule has 1 heterocycles. The average molecular weight is 239 g/mol. The first-order valence-corrected chi connectivity index (χ1v) is 6.51. The highest BCUT2D eigenvalue weighted by Crippen LogP contribution is 2.11. The average Bonchev–Trinajstić information content (AvgIpc) is 2.42. The minimum absolute atomic E-state index is 0.106. The lowest BCUT2D eigenvalue weighted by atomic mass is 10.3. The van der Waals surface area contributed by atoms with Crippen molar-refractivity contribution in [3.63, 3.8) is 0 Å². The van der Waals surface area contributed by atoms with E-state index in [1.807, 2.05) is 0 Å². The molecule has 7 heteroatoms. The number of nitrogens with one attached hydrogen (secondary N) is 1. The zero-order chi connectivity index (χ0) is 10.6. The lowest BCUT2D eigenvalue weighted by Gasteiger charge is -2.12. The minimum Gasteiger partial charge on any atom is -0.469 e. The van der Waals surface area contributed by atoms with Gasteiger partial charge in [-0.15, -0.1) is 0 Å². The Morgan fingerprint density at radius 3 is 2.86 bits per heavy atom. The number of aliphatic hydroxyl groups excluding tert-OH is 1. The van der Waals surface area contributed by atoms with Crippen molar-refractivity contribution < 1.29 is 18.3 Å². The van der Waals surface area contributed by atoms with Crippen LogP contribution >= 0.6 is 12.2 Å². The molecule has 82 valence electrons. The Balaban J connectivity index is 2.29. The van der Waals surface area contributed by atoms with Crippen LogP contribution < -0.4 is 5.32 Å². The van der Waals surface area contributed by atoms with E-state index in [2.05, 4.69) is 5.32 Å². The Bertz CT molecular complexity index is 301. The van der Waals surface area contributed by atoms with Crippen LogP contribution in [0.4, 0.5) is 0 Å². The first-order valence-electron chi connectivity index (χ1n) is 4.28. The van der Waals surface area contributed by atoms with Crippen LogP contribution in [-0.2, 0) is 14.6 Å². The molecule has 1 atom stereocenters. The fourth-order valence-electron chi connectivity index (χ4n) is 1.26. The van der Waals surface area contributed by atoms with Crippen molar-refractivity contribution in [2.24, 2.45) is 0 Å². The molecule has 0 aromatic rings. The highest BCUT2D eigenvalue weighted by molar-refractivity contribution is 7.91. The summed E-state index contributed by atoms with van der Waals surface area (Å²) in [5.41, 5.74) is 0. The molecule has 0 radical (unpaired) electrons. The molecule has 1 fully saturated rings. The lowest BCUT2D eigenvalue weighted by Crippen LogP contribution is -2.36. The van der Waals surface area contributed by atoms with Crippen LogP contribution in [0, 0.1) is 0 Å². The van der Waals surface area contributed by atoms with Gasteiger partial charge in [-0.2, -0.15) is 0 Å². The molecule has 14 heavy (non-hydrogen) atoms. The van der Waals surface area contributed by atoms with Gasteiger partial charge in [0.1, 0.15) is 6.61 Å². The maximum atomic E-state index is 11.1. The van der Waals surface area contributed by atoms with E-state index in [4.69, 9.17) is 22.1 Å². The second kappa shape index (κ2) is 4.90. The van der Waals surface area contributed by atoms with E-state index in [0.717, 1.165) is 0 Å². The van der Waals surface area contributed by atoms with Gasteiger partial charge in [0.25, 0.3) is 5.17 Å². The van der Waals surface area contributed by atoms with Crippen molar-refractivity contribution in [2.75, 3.05) is 24.7 Å². The molecule has 0 amide bonds. The number of sulfone groups is 1. The van der Waals surface area contributed by atoms with Gasteiger partial charge in [-0.1, -0.05) is 0 Å². The van der Waals surface area contributed by atoms with Crippen molar-refractivity contribution in [1.82, 2.24) is 5.32 Å². The number of aliphatic hydroxyl groups is 1. The molecule has 0 aromatic carbocycles. The molecule has 1 aliphatic rings. The van der Waals surface area contributed by atoms with Gasteiger partial charge in [-0.05, 0) is 18.6 Å². The summed E-state index contributed by atoms with van der Waals surface area (Å²) in [6.45, 7) is 0.0239. The Morgan fingerprint density at radius 2 is 2.36 bits per heavy atom. The number of rotatable bonds is 3. The van der Waals surface area contributed by atoms with Crippen LogP contribution in [0.15, 0.2) is 0 Å². The SMILES string of the molecule is O=S1(=O)CC[C@H](NC(=S)OCCO)C1. The van der Waals surface area contributed by atoms with E-state index < -0.39 is 9.84 Å². The predicted molar refractivity (Wildman–Crippen MR) is 55.8 cm³/mol. The lowest BCUT2D eigenvalue weighted by molar-refractivity contribution is 0.190. The third kappa shape index (κ3) is 3.77. The molecule has 1 rings (SSSR count). The predicted octanol–water partition coefficient (Wildman–Crippen LogP) is -0.943. The quantitative estimate of drug-likeness (QED) is 0.619. The summed E-state index contributed by atoms with van der Waals surface area (Å²) in [4.78, 5) is 0. The van der Waals surface area contributed by atoms with Crippen LogP contribution in [0.25, 0.3) is 0 Å². The van der Waals surface area contributed by atoms with Crippen molar-refractivity contribution in [2.45, 2.75) is 12.5 Å². The van der Waals surface area contributed by atoms with Gasteiger partial charge in [-0.3, -0.25) is 0 Å². The molecule has 1 saturated heterocycles. The Kier molecular flexibility index (Phi) is 4.09. The summed E-state index contributed by atoms with van der Waals surface area (Å²) >= 11 is 4.79. The highest BCUT2D eigenvalue weighted by atomic mass is 32.2. The Labute approximate surface area is 88.4 Å². The fraction of sp³-hybridized carbons (Fsp3) is 0.857. The maximum Gasteiger partial charge on any atom is 0.256 e. The summed E-state index contributed by atoms with van der Waals surface area (Å²) in [6, 6.07) is -0.147. The normalized spacial score (nSPS) is 24.5. The van der Waals surface area contributed by atoms with E-state index in [-0.39, 0.29) is 35.9 Å². The first kappa shape index (κ1) is 11.7. The molecule has 0 bridgehead atoms. The van der Waals surface area contributed by atoms with Gasteiger partial charge in [0.2, 0.25) is 0 Å². The van der Waals surface area contributed by atoms with E-state index in [9.17, 15) is 8.42 Å². The standard InChI is InChI=1S/C7H13NO4S2/c9-2-3-12-7(13)8-6-1-4-14(10,11)5-6/h6,9H,1-5H2,(H,8,13)/t6-/m0/s1. The second-order valence-corrected chi connectivity index (χ2v) is 5.70. The van der Waals surface area contributed by atoms with Crippen LogP contribution in [-0.4, -0.2) is 49.5 Å². The molecule has 0 unspecified atom stereocenters. The summed E-state index contributed by atoms with van der Waals surface area (Å²) < 4.78 is 27.0. The monoisotopic (exact) mass is 239 g/mol. The zero-order valence-electron chi connectivity index (χ0n) is 7.60. The van der Waals surface area contributed by atoms with Gasteiger partial charge in [0.15, 0.2) is 9.84 Å². The fourth-order valence-corrected chi connectivity index (χ4v) is 3.18. The molecule has 1 aliphatic heterocycles. The van der Waals surface area contributed by atoms with Crippen LogP contribution in [0.1, 0.15) is 6.42 Å². The molecule has 0 aliphatic carbocycles. The zero-order valence-corrected chi connectivity index (χ0v) is 9.23. The van der Waals surface area contributed by atoms with Gasteiger partial charge in [0.05, 0.1) is 18.1 Å². The molecule has 2 N–H and O–H groups in total. The molecular formula is C7H13NO4S2. The van der Waals surface area contributed by atoms with E-state index in [1.54, 1.807) is 0 Å². The van der Waals surface area contributed by atoms with Gasteiger partial charge < -0.3 is 15.2 Å². The minimum atomic E-state index is -2.89. The number of hydrogen-bond acceptors (Lipinski definition) is 5. The Morgan fingerprint density at radius 1 is 1.64 bits per heavy atom. The molecular weight excluding hydrogens is 226 g/mol. The maximum absolute atomic E-state index is 11.1. The van der Waals surface area contributed by atoms with Crippen molar-refractivity contribution >= 4 is 27.2 Å². The molecule has 5 nitrogen and oxygen atoms in total. The van der Waals surface area contributed by atoms with Crippen molar-refractivity contribution in [1.29, 1.82) is 0 Å². The number of hydrogen-bond donors (Lipinski definition) is 2. The topological polar surface area (TPSA) is 75.6 Å². The summed E-state index contributed by atoms with van der Waals surface area (Å²) in [5.74, 6) is 0.308. The molecule has 0 aromatic heterocycles. The van der Waals surface area contributed by atoms with Crippen LogP contribution in [0.2, 0.25) is 0 Å². The Hall–Kier alpha value is -0.400. The second-order valence-electron chi connectivity index (χ2n) is 3.10. The van der Waals surface area contributed by atoms with Crippen molar-refractivity contribution in [3.05, 3.63) is 0 Å². The van der Waals surface area contributed by atoms with E-state index in [1.165, 1.54) is 0 Å². The van der Waals surface area contributed by atoms with Gasteiger partial charge >= 0.3 is 0 Å². The number of thiocarbonyl (C=S) groups is 1. The highest BCUT2D eigenvalue weighted by Gasteiger charge is 2.28. The summed E-state index contributed by atoms with van der Waals surface area (Å²) in [6.07, 6.45) is 0.560. The smallest absolute Gasteiger partial charge is 0.256 e. The largest absolute Gasteiger partial charge is 0.469 e. The molecule has 0 spiro atoms. The van der Waals surface area contributed by atoms with E-state index in [0.29, 0.717) is 6.42 Å². The first-order chi connectivity index (χ1) is 6.53. The van der Waals surface area contributed by atoms with Crippen molar-refractivity contribution in [3.8, 4) is 0 Å². The summed E-state index contributed by atoms with van der Waals surface area (Å²) in [5, 5.41) is 11.4. The van der Waals surface area contributed by atoms with Crippen LogP contribution in [0.3, 0.4) is 0 Å². The van der Waals surface area contributed by atoms with Crippen LogP contribution in [0.5, 0.6) is 0 Å². The molecule has 0 saturated carbocycles. The van der Waals surface area contributed by atoms with Gasteiger partial charge in [0, 0.05) is 6.04 Å². The van der Waals surface area contributed by atoms with Gasteiger partial charge in [-0.25, -0.2) is 8.42 Å². The third-order valence-electron chi connectivity index (χ3n) is 1.88. The van der Waals surface area contributed by atoms with E-state index >= 15 is 0 Å². The third-order valence-corrected chi connectivity index (χ3v) is 3.88. The summed E-state index contributed by atoms with van der Waals surface area (Å²) in [7, 11) is -2.89.